The average molecular weight is 400 g/mol. The maximum absolute atomic E-state index is 12.5. The second kappa shape index (κ2) is 8.42. The van der Waals surface area contributed by atoms with Crippen LogP contribution >= 0.6 is 22.9 Å². The van der Waals surface area contributed by atoms with Crippen LogP contribution in [0.4, 0.5) is 0 Å². The second-order valence-electron chi connectivity index (χ2n) is 4.23. The van der Waals surface area contributed by atoms with E-state index in [1.54, 1.807) is 0 Å². The highest BCUT2D eigenvalue weighted by molar-refractivity contribution is 7.89. The first-order valence-corrected chi connectivity index (χ1v) is 8.83. The van der Waals surface area contributed by atoms with Gasteiger partial charge in [-0.2, -0.15) is 4.31 Å². The minimum absolute atomic E-state index is 0.0186. The number of ether oxygens (including phenoxy) is 3. The Bertz CT molecular complexity index is 742. The molecule has 0 amide bonds. The number of carbonyl (C=O) groups excluding carboxylic acids is 3. The van der Waals surface area contributed by atoms with Gasteiger partial charge in [-0.1, -0.05) is 11.6 Å². The molecule has 0 bridgehead atoms. The van der Waals surface area contributed by atoms with Crippen molar-refractivity contribution < 1.29 is 37.0 Å². The predicted octanol–water partition coefficient (Wildman–Crippen LogP) is 0.525. The summed E-state index contributed by atoms with van der Waals surface area (Å²) in [6.45, 7) is -1.23. The average Bonchev–Trinajstić information content (AvgIpc) is 2.94. The molecule has 12 heteroatoms. The van der Waals surface area contributed by atoms with E-state index in [4.69, 9.17) is 11.6 Å². The van der Waals surface area contributed by atoms with Gasteiger partial charge in [-0.25, -0.2) is 18.0 Å². The van der Waals surface area contributed by atoms with Crippen molar-refractivity contribution in [1.82, 2.24) is 4.31 Å². The first-order valence-electron chi connectivity index (χ1n) is 6.20. The first-order chi connectivity index (χ1) is 11.1. The lowest BCUT2D eigenvalue weighted by Gasteiger charge is -2.15. The summed E-state index contributed by atoms with van der Waals surface area (Å²) >= 11 is 6.46. The molecule has 0 aromatic carbocycles. The standard InChI is InChI=1S/C12H14ClNO8S2/c1-14(5-9(15)20-2)24(18,19)7-4-8(13)23-11(7)12(17)22-6-10(16)21-3/h4H,5-6H2,1-3H3. The number of hydrogen-bond donors (Lipinski definition) is 0. The lowest BCUT2D eigenvalue weighted by atomic mass is 10.5. The van der Waals surface area contributed by atoms with Gasteiger partial charge in [0.25, 0.3) is 0 Å². The van der Waals surface area contributed by atoms with Crippen LogP contribution in [0.15, 0.2) is 11.0 Å². The van der Waals surface area contributed by atoms with Crippen molar-refractivity contribution in [3.8, 4) is 0 Å². The van der Waals surface area contributed by atoms with E-state index in [2.05, 4.69) is 14.2 Å². The summed E-state index contributed by atoms with van der Waals surface area (Å²) in [6, 6.07) is 1.06. The molecule has 0 aliphatic carbocycles. The Morgan fingerprint density at radius 3 is 2.33 bits per heavy atom. The SMILES string of the molecule is COC(=O)COC(=O)c1sc(Cl)cc1S(=O)(=O)N(C)CC(=O)OC. The highest BCUT2D eigenvalue weighted by Crippen LogP contribution is 2.32. The third-order valence-corrected chi connectivity index (χ3v) is 5.87. The van der Waals surface area contributed by atoms with Crippen molar-refractivity contribution in [3.63, 3.8) is 0 Å². The molecule has 0 N–H and O–H groups in total. The van der Waals surface area contributed by atoms with Crippen molar-refractivity contribution in [2.45, 2.75) is 4.90 Å². The van der Waals surface area contributed by atoms with Gasteiger partial charge in [0, 0.05) is 7.05 Å². The van der Waals surface area contributed by atoms with Crippen molar-refractivity contribution >= 4 is 50.9 Å². The highest BCUT2D eigenvalue weighted by Gasteiger charge is 2.31. The Labute approximate surface area is 147 Å². The van der Waals surface area contributed by atoms with E-state index in [1.165, 1.54) is 0 Å². The van der Waals surface area contributed by atoms with Crippen LogP contribution in [0.3, 0.4) is 0 Å². The zero-order valence-corrected chi connectivity index (χ0v) is 15.3. The molecule has 134 valence electrons. The molecule has 1 heterocycles. The van der Waals surface area contributed by atoms with Crippen molar-refractivity contribution in [3.05, 3.63) is 15.3 Å². The van der Waals surface area contributed by atoms with Gasteiger partial charge < -0.3 is 14.2 Å². The Morgan fingerprint density at radius 1 is 1.21 bits per heavy atom. The van der Waals surface area contributed by atoms with Gasteiger partial charge in [-0.05, 0) is 6.07 Å². The molecule has 0 aliphatic rings. The summed E-state index contributed by atoms with van der Waals surface area (Å²) in [4.78, 5) is 33.5. The summed E-state index contributed by atoms with van der Waals surface area (Å²) in [5.74, 6) is -2.64. The Kier molecular flexibility index (Phi) is 7.14. The van der Waals surface area contributed by atoms with Crippen LogP contribution in [-0.4, -0.2) is 65.0 Å². The number of hydrogen-bond acceptors (Lipinski definition) is 9. The molecule has 0 radical (unpaired) electrons. The van der Waals surface area contributed by atoms with E-state index in [9.17, 15) is 22.8 Å². The van der Waals surface area contributed by atoms with Crippen molar-refractivity contribution in [1.29, 1.82) is 0 Å². The summed E-state index contributed by atoms with van der Waals surface area (Å²) < 4.78 is 39.1. The fraction of sp³-hybridized carbons (Fsp3) is 0.417. The maximum Gasteiger partial charge on any atom is 0.350 e. The number of nitrogens with zero attached hydrogens (tertiary/aromatic N) is 1. The first kappa shape index (κ1) is 20.4. The normalized spacial score (nSPS) is 11.2. The van der Waals surface area contributed by atoms with E-state index in [0.29, 0.717) is 15.6 Å². The zero-order valence-electron chi connectivity index (χ0n) is 12.9. The van der Waals surface area contributed by atoms with E-state index in [-0.39, 0.29) is 9.21 Å². The van der Waals surface area contributed by atoms with Crippen LogP contribution in [0.2, 0.25) is 4.34 Å². The summed E-state index contributed by atoms with van der Waals surface area (Å²) in [5.41, 5.74) is 0. The van der Waals surface area contributed by atoms with Gasteiger partial charge in [0.05, 0.1) is 18.6 Å². The van der Waals surface area contributed by atoms with Crippen LogP contribution in [0.5, 0.6) is 0 Å². The van der Waals surface area contributed by atoms with E-state index in [1.807, 2.05) is 0 Å². The van der Waals surface area contributed by atoms with E-state index < -0.39 is 46.0 Å². The zero-order chi connectivity index (χ0) is 18.5. The van der Waals surface area contributed by atoms with Gasteiger partial charge in [-0.15, -0.1) is 11.3 Å². The second-order valence-corrected chi connectivity index (χ2v) is 7.93. The number of carbonyl (C=O) groups is 3. The highest BCUT2D eigenvalue weighted by atomic mass is 35.5. The smallest absolute Gasteiger partial charge is 0.350 e. The Morgan fingerprint density at radius 2 is 1.79 bits per heavy atom. The lowest BCUT2D eigenvalue weighted by Crippen LogP contribution is -2.33. The molecule has 0 unspecified atom stereocenters. The van der Waals surface area contributed by atoms with Gasteiger partial charge in [-0.3, -0.25) is 4.79 Å². The number of sulfonamides is 1. The molecule has 1 aromatic heterocycles. The number of halogens is 1. The van der Waals surface area contributed by atoms with Gasteiger partial charge in [0.15, 0.2) is 6.61 Å². The summed E-state index contributed by atoms with van der Waals surface area (Å²) in [7, 11) is -0.843. The Hall–Kier alpha value is -1.69. The van der Waals surface area contributed by atoms with Crippen LogP contribution in [-0.2, 0) is 33.8 Å². The van der Waals surface area contributed by atoms with Gasteiger partial charge in [0.2, 0.25) is 10.0 Å². The molecule has 0 fully saturated rings. The number of methoxy groups -OCH3 is 2. The van der Waals surface area contributed by atoms with Crippen LogP contribution in [0.25, 0.3) is 0 Å². The lowest BCUT2D eigenvalue weighted by molar-refractivity contribution is -0.144. The van der Waals surface area contributed by atoms with Crippen LogP contribution in [0, 0.1) is 0 Å². The molecule has 24 heavy (non-hydrogen) atoms. The third-order valence-electron chi connectivity index (χ3n) is 2.67. The molecule has 1 aromatic rings. The third kappa shape index (κ3) is 4.90. The van der Waals surface area contributed by atoms with E-state index >= 15 is 0 Å². The molecular weight excluding hydrogens is 386 g/mol. The predicted molar refractivity (Wildman–Crippen MR) is 83.5 cm³/mol. The monoisotopic (exact) mass is 399 g/mol. The number of thiophene rings is 1. The van der Waals surface area contributed by atoms with Crippen molar-refractivity contribution in [2.75, 3.05) is 34.4 Å². The Balaban J connectivity index is 3.10. The molecule has 0 spiro atoms. The topological polar surface area (TPSA) is 116 Å². The minimum Gasteiger partial charge on any atom is -0.468 e. The van der Waals surface area contributed by atoms with Crippen LogP contribution < -0.4 is 0 Å². The quantitative estimate of drug-likeness (QED) is 0.481. The maximum atomic E-state index is 12.5. The molecule has 1 rings (SSSR count). The van der Waals surface area contributed by atoms with Gasteiger partial charge >= 0.3 is 17.9 Å². The number of likely N-dealkylation sites (N-methyl/N-ethyl adjacent to an activating group) is 1. The minimum atomic E-state index is -4.20. The number of rotatable bonds is 7. The summed E-state index contributed by atoms with van der Waals surface area (Å²) in [6.07, 6.45) is 0. The summed E-state index contributed by atoms with van der Waals surface area (Å²) in [5, 5.41) is 0. The van der Waals surface area contributed by atoms with Crippen molar-refractivity contribution in [2.24, 2.45) is 0 Å². The van der Waals surface area contributed by atoms with E-state index in [0.717, 1.165) is 27.3 Å². The molecule has 9 nitrogen and oxygen atoms in total. The van der Waals surface area contributed by atoms with Crippen LogP contribution in [0.1, 0.15) is 9.67 Å². The molecular formula is C12H14ClNO8S2. The molecule has 0 saturated heterocycles. The molecule has 0 aliphatic heterocycles. The fourth-order valence-corrected chi connectivity index (χ4v) is 4.22. The largest absolute Gasteiger partial charge is 0.468 e. The number of esters is 3. The van der Waals surface area contributed by atoms with Gasteiger partial charge in [0.1, 0.15) is 16.3 Å². The molecule has 0 saturated carbocycles. The molecule has 0 atom stereocenters. The fourth-order valence-electron chi connectivity index (χ4n) is 1.43.